The summed E-state index contributed by atoms with van der Waals surface area (Å²) < 4.78 is 39.9. The van der Waals surface area contributed by atoms with Gasteiger partial charge in [-0.1, -0.05) is 18.9 Å². The molecule has 1 aromatic rings. The molecular weight excluding hydrogens is 355 g/mol. The Balaban J connectivity index is 1.75. The first-order chi connectivity index (χ1) is 12.8. The molecule has 2 aliphatic rings. The molecule has 1 saturated carbocycles. The minimum absolute atomic E-state index is 0.0120. The average molecular weight is 383 g/mol. The molecule has 1 aliphatic heterocycles. The third-order valence-corrected chi connectivity index (χ3v) is 5.98. The maximum absolute atomic E-state index is 13.3. The van der Waals surface area contributed by atoms with E-state index in [0.717, 1.165) is 44.8 Å². The number of anilines is 1. The Labute approximate surface area is 158 Å². The minimum atomic E-state index is -4.52. The Morgan fingerprint density at radius 1 is 1.19 bits per heavy atom. The predicted molar refractivity (Wildman–Crippen MR) is 99.2 cm³/mol. The Bertz CT molecular complexity index is 671. The van der Waals surface area contributed by atoms with E-state index in [2.05, 4.69) is 4.90 Å². The van der Waals surface area contributed by atoms with Gasteiger partial charge in [0.25, 0.3) is 0 Å². The van der Waals surface area contributed by atoms with Crippen molar-refractivity contribution in [3.05, 3.63) is 29.3 Å². The number of hydrogen-bond acceptors (Lipinski definition) is 3. The monoisotopic (exact) mass is 383 g/mol. The van der Waals surface area contributed by atoms with Crippen LogP contribution in [0.4, 0.5) is 18.9 Å². The zero-order valence-corrected chi connectivity index (χ0v) is 15.8. The molecule has 1 heterocycles. The molecule has 1 amide bonds. The number of likely N-dealkylation sites (N-methyl/N-ethyl adjacent to an activating group) is 1. The van der Waals surface area contributed by atoms with E-state index in [9.17, 15) is 18.0 Å². The van der Waals surface area contributed by atoms with Gasteiger partial charge in [-0.3, -0.25) is 9.69 Å². The molecule has 2 unspecified atom stereocenters. The number of alkyl halides is 3. The molecule has 0 radical (unpaired) electrons. The van der Waals surface area contributed by atoms with Gasteiger partial charge >= 0.3 is 6.18 Å². The Hall–Kier alpha value is -1.76. The normalized spacial score (nSPS) is 24.1. The Morgan fingerprint density at radius 2 is 1.85 bits per heavy atom. The summed E-state index contributed by atoms with van der Waals surface area (Å²) in [7, 11) is 1.74. The summed E-state index contributed by atoms with van der Waals surface area (Å²) in [4.78, 5) is 17.0. The molecule has 7 heteroatoms. The molecule has 150 valence electrons. The van der Waals surface area contributed by atoms with Gasteiger partial charge in [-0.05, 0) is 56.5 Å². The number of nitrogen functional groups attached to an aromatic ring is 1. The smallest absolute Gasteiger partial charge is 0.399 e. The molecule has 1 saturated heterocycles. The number of amides is 1. The number of halogens is 3. The number of carbonyl (C=O) groups excluding carboxylic acids is 1. The average Bonchev–Trinajstić information content (AvgIpc) is 3.16. The zero-order chi connectivity index (χ0) is 19.6. The number of benzene rings is 1. The largest absolute Gasteiger partial charge is 0.416 e. The van der Waals surface area contributed by atoms with Crippen molar-refractivity contribution in [3.8, 4) is 0 Å². The van der Waals surface area contributed by atoms with Gasteiger partial charge in [-0.15, -0.1) is 0 Å². The summed E-state index contributed by atoms with van der Waals surface area (Å²) in [5, 5.41) is 0. The minimum Gasteiger partial charge on any atom is -0.399 e. The number of carbonyl (C=O) groups is 1. The predicted octanol–water partition coefficient (Wildman–Crippen LogP) is 3.70. The molecular formula is C20H28F3N3O. The Morgan fingerprint density at radius 3 is 2.52 bits per heavy atom. The summed E-state index contributed by atoms with van der Waals surface area (Å²) in [5.74, 6) is -0.263. The van der Waals surface area contributed by atoms with E-state index in [1.165, 1.54) is 25.0 Å². The maximum atomic E-state index is 13.3. The summed E-state index contributed by atoms with van der Waals surface area (Å²) in [6.07, 6.45) is 1.76. The van der Waals surface area contributed by atoms with Crippen LogP contribution in [0.15, 0.2) is 18.2 Å². The van der Waals surface area contributed by atoms with Gasteiger partial charge in [0.15, 0.2) is 0 Å². The summed E-state index contributed by atoms with van der Waals surface area (Å²) in [6, 6.07) is 4.06. The fourth-order valence-corrected chi connectivity index (χ4v) is 4.53. The number of nitrogens with two attached hydrogens (primary N) is 1. The second-order valence-corrected chi connectivity index (χ2v) is 7.76. The highest BCUT2D eigenvalue weighted by Crippen LogP contribution is 2.34. The van der Waals surface area contributed by atoms with Crippen molar-refractivity contribution in [3.63, 3.8) is 0 Å². The first-order valence-corrected chi connectivity index (χ1v) is 9.72. The van der Waals surface area contributed by atoms with Crippen molar-refractivity contribution in [2.24, 2.45) is 0 Å². The van der Waals surface area contributed by atoms with E-state index in [4.69, 9.17) is 5.73 Å². The number of nitrogens with zero attached hydrogens (tertiary/aromatic N) is 2. The zero-order valence-electron chi connectivity index (χ0n) is 15.8. The van der Waals surface area contributed by atoms with E-state index in [1.54, 1.807) is 11.9 Å². The van der Waals surface area contributed by atoms with Crippen molar-refractivity contribution < 1.29 is 18.0 Å². The molecule has 1 aromatic carbocycles. The van der Waals surface area contributed by atoms with Gasteiger partial charge in [0.05, 0.1) is 12.0 Å². The van der Waals surface area contributed by atoms with Gasteiger partial charge in [0.1, 0.15) is 0 Å². The first-order valence-electron chi connectivity index (χ1n) is 9.72. The molecule has 4 nitrogen and oxygen atoms in total. The molecule has 2 N–H and O–H groups in total. The number of likely N-dealkylation sites (tertiary alicyclic amines) is 1. The van der Waals surface area contributed by atoms with Gasteiger partial charge in [0.2, 0.25) is 5.91 Å². The lowest BCUT2D eigenvalue weighted by molar-refractivity contribution is -0.139. The van der Waals surface area contributed by atoms with E-state index in [0.29, 0.717) is 6.04 Å². The standard InChI is InChI=1S/C20H28F3N3O/c1-25(17-6-2-3-7-18(17)26-10-4-5-11-26)19(27)12-14-8-9-15(24)13-16(14)20(21,22)23/h8-9,13,17-18H,2-7,10-12,24H2,1H3. The summed E-state index contributed by atoms with van der Waals surface area (Å²) in [5.41, 5.74) is 4.74. The highest BCUT2D eigenvalue weighted by atomic mass is 19.4. The van der Waals surface area contributed by atoms with Crippen molar-refractivity contribution in [2.75, 3.05) is 25.9 Å². The highest BCUT2D eigenvalue weighted by Gasteiger charge is 2.37. The van der Waals surface area contributed by atoms with Gasteiger partial charge in [-0.2, -0.15) is 13.2 Å². The fraction of sp³-hybridized carbons (Fsp3) is 0.650. The van der Waals surface area contributed by atoms with E-state index in [-0.39, 0.29) is 29.6 Å². The quantitative estimate of drug-likeness (QED) is 0.807. The fourth-order valence-electron chi connectivity index (χ4n) is 4.53. The molecule has 0 bridgehead atoms. The molecule has 3 rings (SSSR count). The Kier molecular flexibility index (Phi) is 5.99. The van der Waals surface area contributed by atoms with Crippen molar-refractivity contribution in [1.82, 2.24) is 9.80 Å². The van der Waals surface area contributed by atoms with Crippen LogP contribution in [0, 0.1) is 0 Å². The first kappa shape index (κ1) is 20.0. The van der Waals surface area contributed by atoms with Crippen LogP contribution in [0.2, 0.25) is 0 Å². The van der Waals surface area contributed by atoms with Crippen molar-refractivity contribution in [2.45, 2.75) is 63.2 Å². The van der Waals surface area contributed by atoms with E-state index >= 15 is 0 Å². The molecule has 27 heavy (non-hydrogen) atoms. The lowest BCUT2D eigenvalue weighted by atomic mass is 9.88. The molecule has 1 aliphatic carbocycles. The number of hydrogen-bond donors (Lipinski definition) is 1. The van der Waals surface area contributed by atoms with Crippen molar-refractivity contribution in [1.29, 1.82) is 0 Å². The lowest BCUT2D eigenvalue weighted by Crippen LogP contribution is -2.53. The van der Waals surface area contributed by atoms with Crippen LogP contribution in [0.3, 0.4) is 0 Å². The SMILES string of the molecule is CN(C(=O)Cc1ccc(N)cc1C(F)(F)F)C1CCCCC1N1CCCC1. The second-order valence-electron chi connectivity index (χ2n) is 7.76. The second kappa shape index (κ2) is 8.09. The van der Waals surface area contributed by atoms with Crippen LogP contribution in [0.5, 0.6) is 0 Å². The third-order valence-electron chi connectivity index (χ3n) is 5.98. The van der Waals surface area contributed by atoms with Gasteiger partial charge in [-0.25, -0.2) is 0 Å². The lowest BCUT2D eigenvalue weighted by Gasteiger charge is -2.42. The van der Waals surface area contributed by atoms with Crippen LogP contribution >= 0.6 is 0 Å². The van der Waals surface area contributed by atoms with Crippen LogP contribution in [0.25, 0.3) is 0 Å². The summed E-state index contributed by atoms with van der Waals surface area (Å²) in [6.45, 7) is 2.11. The maximum Gasteiger partial charge on any atom is 0.416 e. The van der Waals surface area contributed by atoms with Crippen LogP contribution in [-0.4, -0.2) is 47.9 Å². The highest BCUT2D eigenvalue weighted by molar-refractivity contribution is 5.79. The molecule has 2 atom stereocenters. The van der Waals surface area contributed by atoms with Crippen molar-refractivity contribution >= 4 is 11.6 Å². The van der Waals surface area contributed by atoms with Gasteiger partial charge < -0.3 is 10.6 Å². The molecule has 2 fully saturated rings. The topological polar surface area (TPSA) is 49.6 Å². The van der Waals surface area contributed by atoms with E-state index in [1.807, 2.05) is 0 Å². The van der Waals surface area contributed by atoms with Gasteiger partial charge in [0, 0.05) is 24.8 Å². The van der Waals surface area contributed by atoms with Crippen LogP contribution < -0.4 is 5.73 Å². The molecule has 0 spiro atoms. The van der Waals surface area contributed by atoms with Crippen LogP contribution in [-0.2, 0) is 17.4 Å². The molecule has 0 aromatic heterocycles. The number of rotatable bonds is 4. The third kappa shape index (κ3) is 4.57. The summed E-state index contributed by atoms with van der Waals surface area (Å²) >= 11 is 0. The van der Waals surface area contributed by atoms with Crippen LogP contribution in [0.1, 0.15) is 49.7 Å². The van der Waals surface area contributed by atoms with E-state index < -0.39 is 11.7 Å².